The van der Waals surface area contributed by atoms with Crippen LogP contribution < -0.4 is 4.74 Å². The molecule has 0 amide bonds. The molecule has 0 saturated carbocycles. The van der Waals surface area contributed by atoms with Crippen LogP contribution in [0.4, 0.5) is 17.6 Å². The standard InChI is InChI=1S/C22H28F4O5/c1-2-3-4-5-15-11-27-20(28-12-15)9-6-16-13-29-21(30-14-16)17-7-8-19(18(23)10-17)31-22(24,25)26/h4-5,7-8,10,15-16,20-21H,2-3,6,9,11-14H2,1H3/b5-4+/t15-,16?,20-,21?. The van der Waals surface area contributed by atoms with Crippen LogP contribution in [0.1, 0.15) is 44.5 Å². The molecule has 0 bridgehead atoms. The summed E-state index contributed by atoms with van der Waals surface area (Å²) < 4.78 is 77.1. The molecule has 2 saturated heterocycles. The Balaban J connectivity index is 1.38. The van der Waals surface area contributed by atoms with Gasteiger partial charge in [0.1, 0.15) is 0 Å². The second-order valence-corrected chi connectivity index (χ2v) is 7.75. The highest BCUT2D eigenvalue weighted by molar-refractivity contribution is 5.30. The molecule has 3 rings (SSSR count). The Kier molecular flexibility index (Phi) is 8.71. The van der Waals surface area contributed by atoms with E-state index in [2.05, 4.69) is 23.8 Å². The second-order valence-electron chi connectivity index (χ2n) is 7.75. The first-order valence-electron chi connectivity index (χ1n) is 10.5. The van der Waals surface area contributed by atoms with Gasteiger partial charge in [0.2, 0.25) is 0 Å². The number of ether oxygens (including phenoxy) is 5. The van der Waals surface area contributed by atoms with E-state index in [1.54, 1.807) is 0 Å². The lowest BCUT2D eigenvalue weighted by Crippen LogP contribution is -2.33. The van der Waals surface area contributed by atoms with Gasteiger partial charge in [-0.1, -0.05) is 31.6 Å². The van der Waals surface area contributed by atoms with Gasteiger partial charge in [0, 0.05) is 17.4 Å². The Morgan fingerprint density at radius 2 is 1.74 bits per heavy atom. The van der Waals surface area contributed by atoms with Gasteiger partial charge in [-0.2, -0.15) is 0 Å². The molecule has 1 aromatic rings. The monoisotopic (exact) mass is 448 g/mol. The number of alkyl halides is 3. The summed E-state index contributed by atoms with van der Waals surface area (Å²) in [7, 11) is 0. The number of unbranched alkanes of at least 4 members (excludes halogenated alkanes) is 1. The highest BCUT2D eigenvalue weighted by Crippen LogP contribution is 2.32. The fourth-order valence-electron chi connectivity index (χ4n) is 3.44. The van der Waals surface area contributed by atoms with Crippen LogP contribution in [0.3, 0.4) is 0 Å². The molecule has 0 spiro atoms. The van der Waals surface area contributed by atoms with Crippen molar-refractivity contribution in [3.8, 4) is 5.75 Å². The number of hydrogen-bond acceptors (Lipinski definition) is 5. The second kappa shape index (κ2) is 11.3. The molecule has 9 heteroatoms. The highest BCUT2D eigenvalue weighted by Gasteiger charge is 2.33. The summed E-state index contributed by atoms with van der Waals surface area (Å²) in [5, 5.41) is 0. The van der Waals surface area contributed by atoms with Crippen LogP contribution >= 0.6 is 0 Å². The third kappa shape index (κ3) is 7.75. The van der Waals surface area contributed by atoms with Gasteiger partial charge in [-0.3, -0.25) is 0 Å². The fourth-order valence-corrected chi connectivity index (χ4v) is 3.44. The zero-order chi connectivity index (χ0) is 22.3. The average molecular weight is 448 g/mol. The molecule has 2 fully saturated rings. The topological polar surface area (TPSA) is 46.2 Å². The lowest BCUT2D eigenvalue weighted by molar-refractivity contribution is -0.275. The molecule has 174 valence electrons. The van der Waals surface area contributed by atoms with Gasteiger partial charge in [0.15, 0.2) is 24.1 Å². The predicted octanol–water partition coefficient (Wildman–Crippen LogP) is 5.51. The molecule has 0 unspecified atom stereocenters. The first-order valence-corrected chi connectivity index (χ1v) is 10.5. The van der Waals surface area contributed by atoms with E-state index in [-0.39, 0.29) is 12.2 Å². The van der Waals surface area contributed by atoms with Gasteiger partial charge in [0.25, 0.3) is 0 Å². The summed E-state index contributed by atoms with van der Waals surface area (Å²) in [6.45, 7) is 4.20. The summed E-state index contributed by atoms with van der Waals surface area (Å²) in [5.41, 5.74) is 0.298. The molecule has 5 nitrogen and oxygen atoms in total. The van der Waals surface area contributed by atoms with Gasteiger partial charge in [-0.25, -0.2) is 4.39 Å². The van der Waals surface area contributed by atoms with Crippen LogP contribution in [0.5, 0.6) is 5.75 Å². The van der Waals surface area contributed by atoms with Gasteiger partial charge in [-0.15, -0.1) is 13.2 Å². The van der Waals surface area contributed by atoms with E-state index in [1.807, 2.05) is 0 Å². The Hall–Kier alpha value is -1.68. The minimum absolute atomic E-state index is 0.128. The van der Waals surface area contributed by atoms with E-state index in [4.69, 9.17) is 18.9 Å². The van der Waals surface area contributed by atoms with Crippen molar-refractivity contribution in [1.29, 1.82) is 0 Å². The van der Waals surface area contributed by atoms with Gasteiger partial charge in [-0.05, 0) is 31.4 Å². The van der Waals surface area contributed by atoms with Crippen LogP contribution in [-0.4, -0.2) is 39.1 Å². The molecule has 0 aromatic heterocycles. The van der Waals surface area contributed by atoms with Crippen LogP contribution in [0.2, 0.25) is 0 Å². The van der Waals surface area contributed by atoms with E-state index < -0.39 is 24.2 Å². The minimum Gasteiger partial charge on any atom is -0.403 e. The lowest BCUT2D eigenvalue weighted by atomic mass is 10.0. The molecule has 0 atom stereocenters. The molecular formula is C22H28F4O5. The molecule has 2 heterocycles. The number of rotatable bonds is 8. The van der Waals surface area contributed by atoms with Gasteiger partial charge >= 0.3 is 6.36 Å². The SMILES string of the molecule is CCC/C=C/[C@H]1CO[C@H](CCC2COC(c3ccc(OC(F)(F)F)c(F)c3)OC2)OC1. The van der Waals surface area contributed by atoms with Gasteiger partial charge in [0.05, 0.1) is 26.4 Å². The first-order chi connectivity index (χ1) is 14.8. The molecule has 0 radical (unpaired) electrons. The van der Waals surface area contributed by atoms with E-state index in [9.17, 15) is 17.6 Å². The highest BCUT2D eigenvalue weighted by atomic mass is 19.4. The molecule has 31 heavy (non-hydrogen) atoms. The molecular weight excluding hydrogens is 420 g/mol. The van der Waals surface area contributed by atoms with E-state index in [0.29, 0.717) is 44.3 Å². The maximum atomic E-state index is 13.9. The molecule has 2 aliphatic rings. The smallest absolute Gasteiger partial charge is 0.403 e. The summed E-state index contributed by atoms with van der Waals surface area (Å²) in [5.74, 6) is -1.60. The number of halogens is 4. The van der Waals surface area contributed by atoms with Crippen molar-refractivity contribution in [3.63, 3.8) is 0 Å². The zero-order valence-electron chi connectivity index (χ0n) is 17.4. The maximum absolute atomic E-state index is 13.9. The lowest BCUT2D eigenvalue weighted by Gasteiger charge is -2.32. The Bertz CT molecular complexity index is 708. The average Bonchev–Trinajstić information content (AvgIpc) is 2.74. The van der Waals surface area contributed by atoms with Crippen molar-refractivity contribution in [1.82, 2.24) is 0 Å². The third-order valence-corrected chi connectivity index (χ3v) is 5.09. The molecule has 0 aliphatic carbocycles. The van der Waals surface area contributed by atoms with Crippen LogP contribution in [-0.2, 0) is 18.9 Å². The first kappa shape index (κ1) is 24.0. The summed E-state index contributed by atoms with van der Waals surface area (Å²) >= 11 is 0. The van der Waals surface area contributed by atoms with Crippen molar-refractivity contribution >= 4 is 0 Å². The summed E-state index contributed by atoms with van der Waals surface area (Å²) in [4.78, 5) is 0. The van der Waals surface area contributed by atoms with Crippen LogP contribution in [0.25, 0.3) is 0 Å². The Morgan fingerprint density at radius 3 is 2.35 bits per heavy atom. The number of hydrogen-bond donors (Lipinski definition) is 0. The van der Waals surface area contributed by atoms with Crippen molar-refractivity contribution in [2.24, 2.45) is 11.8 Å². The van der Waals surface area contributed by atoms with Crippen molar-refractivity contribution in [2.45, 2.75) is 51.5 Å². The minimum atomic E-state index is -4.95. The summed E-state index contributed by atoms with van der Waals surface area (Å²) in [6, 6.07) is 3.14. The largest absolute Gasteiger partial charge is 0.573 e. The van der Waals surface area contributed by atoms with E-state index >= 15 is 0 Å². The molecule has 0 N–H and O–H groups in total. The maximum Gasteiger partial charge on any atom is 0.573 e. The van der Waals surface area contributed by atoms with E-state index in [0.717, 1.165) is 31.4 Å². The molecule has 2 aliphatic heterocycles. The van der Waals surface area contributed by atoms with Crippen molar-refractivity contribution < 1.29 is 41.2 Å². The molecule has 1 aromatic carbocycles. The van der Waals surface area contributed by atoms with E-state index in [1.165, 1.54) is 6.07 Å². The van der Waals surface area contributed by atoms with Gasteiger partial charge < -0.3 is 23.7 Å². The van der Waals surface area contributed by atoms with Crippen LogP contribution in [0, 0.1) is 17.7 Å². The third-order valence-electron chi connectivity index (χ3n) is 5.09. The van der Waals surface area contributed by atoms with Crippen LogP contribution in [0.15, 0.2) is 30.4 Å². The Labute approximate surface area is 179 Å². The normalized spacial score (nSPS) is 27.5. The van der Waals surface area contributed by atoms with Crippen molar-refractivity contribution in [3.05, 3.63) is 41.7 Å². The van der Waals surface area contributed by atoms with Crippen molar-refractivity contribution in [2.75, 3.05) is 26.4 Å². The number of benzene rings is 1. The quantitative estimate of drug-likeness (QED) is 0.388. The summed E-state index contributed by atoms with van der Waals surface area (Å²) in [6.07, 6.45) is 1.94. The number of allylic oxidation sites excluding steroid dienone is 1. The Morgan fingerprint density at radius 1 is 1.03 bits per heavy atom. The predicted molar refractivity (Wildman–Crippen MR) is 104 cm³/mol. The fraction of sp³-hybridized carbons (Fsp3) is 0.636. The zero-order valence-corrected chi connectivity index (χ0v) is 17.4.